The van der Waals surface area contributed by atoms with Gasteiger partial charge in [-0.15, -0.1) is 24.0 Å². The maximum Gasteiger partial charge on any atom is 0.191 e. The van der Waals surface area contributed by atoms with Crippen molar-refractivity contribution in [1.82, 2.24) is 20.5 Å². The van der Waals surface area contributed by atoms with Gasteiger partial charge < -0.3 is 20.4 Å². The summed E-state index contributed by atoms with van der Waals surface area (Å²) in [6.45, 7) is 8.68. The van der Waals surface area contributed by atoms with Gasteiger partial charge in [0.2, 0.25) is 0 Å². The number of aromatic nitrogens is 1. The molecule has 8 heteroatoms. The first-order valence-corrected chi connectivity index (χ1v) is 9.89. The van der Waals surface area contributed by atoms with E-state index in [1.54, 1.807) is 12.3 Å². The summed E-state index contributed by atoms with van der Waals surface area (Å²) >= 11 is 0. The highest BCUT2D eigenvalue weighted by atomic mass is 127. The van der Waals surface area contributed by atoms with E-state index in [0.717, 1.165) is 45.1 Å². The van der Waals surface area contributed by atoms with Crippen LogP contribution in [0.4, 0.5) is 10.2 Å². The molecule has 0 aliphatic carbocycles. The molecule has 2 aliphatic heterocycles. The van der Waals surface area contributed by atoms with Crippen LogP contribution in [0.25, 0.3) is 0 Å². The van der Waals surface area contributed by atoms with Gasteiger partial charge in [-0.05, 0) is 51.4 Å². The molecule has 3 heterocycles. The first-order chi connectivity index (χ1) is 12.8. The minimum absolute atomic E-state index is 0. The average molecular weight is 490 g/mol. The Labute approximate surface area is 179 Å². The molecule has 3 rings (SSSR count). The topological polar surface area (TPSA) is 55.8 Å². The molecule has 2 saturated heterocycles. The average Bonchev–Trinajstić information content (AvgIpc) is 3.11. The molecule has 0 aromatic carbocycles. The Bertz CT molecular complexity index is 593. The van der Waals surface area contributed by atoms with Crippen LogP contribution in [0.5, 0.6) is 0 Å². The molecule has 1 aromatic rings. The number of likely N-dealkylation sites (tertiary alicyclic amines) is 1. The second kappa shape index (κ2) is 11.6. The number of guanidine groups is 1. The van der Waals surface area contributed by atoms with Crippen molar-refractivity contribution in [3.8, 4) is 0 Å². The molecule has 0 bridgehead atoms. The number of nitrogens with one attached hydrogen (secondary N) is 2. The van der Waals surface area contributed by atoms with Gasteiger partial charge in [-0.3, -0.25) is 4.99 Å². The normalized spacial score (nSPS) is 21.0. The van der Waals surface area contributed by atoms with Gasteiger partial charge in [0.05, 0.1) is 6.54 Å². The monoisotopic (exact) mass is 490 g/mol. The van der Waals surface area contributed by atoms with Crippen LogP contribution in [-0.2, 0) is 0 Å². The highest BCUT2D eigenvalue weighted by Gasteiger charge is 2.25. The van der Waals surface area contributed by atoms with Gasteiger partial charge in [0.15, 0.2) is 17.6 Å². The minimum atomic E-state index is -0.254. The van der Waals surface area contributed by atoms with E-state index >= 15 is 0 Å². The molecule has 2 N–H and O–H groups in total. The summed E-state index contributed by atoms with van der Waals surface area (Å²) in [5, 5.41) is 6.83. The number of pyridine rings is 1. The lowest BCUT2D eigenvalue weighted by Gasteiger charge is -2.25. The molecule has 6 nitrogen and oxygen atoms in total. The summed E-state index contributed by atoms with van der Waals surface area (Å²) in [7, 11) is 0. The van der Waals surface area contributed by atoms with Crippen molar-refractivity contribution in [2.75, 3.05) is 50.7 Å². The van der Waals surface area contributed by atoms with Crippen molar-refractivity contribution in [2.24, 2.45) is 4.99 Å². The number of hydrogen-bond acceptors (Lipinski definition) is 4. The number of nitrogens with zero attached hydrogens (tertiary/aromatic N) is 4. The predicted molar refractivity (Wildman–Crippen MR) is 120 cm³/mol. The summed E-state index contributed by atoms with van der Waals surface area (Å²) < 4.78 is 13.9. The van der Waals surface area contributed by atoms with Crippen LogP contribution in [0, 0.1) is 5.82 Å². The summed E-state index contributed by atoms with van der Waals surface area (Å²) in [4.78, 5) is 13.4. The molecular weight excluding hydrogens is 458 g/mol. The Kier molecular flexibility index (Phi) is 9.53. The van der Waals surface area contributed by atoms with Crippen molar-refractivity contribution in [3.05, 3.63) is 24.1 Å². The Morgan fingerprint density at radius 3 is 2.85 bits per heavy atom. The van der Waals surface area contributed by atoms with Gasteiger partial charge >= 0.3 is 0 Å². The zero-order valence-corrected chi connectivity index (χ0v) is 18.5. The van der Waals surface area contributed by atoms with Crippen LogP contribution in [0.1, 0.15) is 32.6 Å². The number of aliphatic imine (C=N–C) groups is 1. The third-order valence-corrected chi connectivity index (χ3v) is 5.05. The van der Waals surface area contributed by atoms with Gasteiger partial charge in [0.1, 0.15) is 0 Å². The van der Waals surface area contributed by atoms with Crippen LogP contribution < -0.4 is 15.5 Å². The molecular formula is C19H32FIN6. The molecule has 1 unspecified atom stereocenters. The van der Waals surface area contributed by atoms with E-state index < -0.39 is 0 Å². The Morgan fingerprint density at radius 1 is 1.30 bits per heavy atom. The number of piperidine rings is 1. The van der Waals surface area contributed by atoms with Crippen LogP contribution in [-0.4, -0.2) is 67.7 Å². The second-order valence-electron chi connectivity index (χ2n) is 7.05. The standard InChI is InChI=1S/C19H31FN6.HI/c1-2-21-19(23-10-14-25-11-4-3-5-12-25)24-16-8-13-26(15-16)18-17(20)7-6-9-22-18;/h6-7,9,16H,2-5,8,10-15H2,1H3,(H2,21,23,24);1H. The van der Waals surface area contributed by atoms with Crippen LogP contribution in [0.15, 0.2) is 23.3 Å². The summed E-state index contributed by atoms with van der Waals surface area (Å²) in [5.41, 5.74) is 0. The van der Waals surface area contributed by atoms with Crippen LogP contribution in [0.3, 0.4) is 0 Å². The van der Waals surface area contributed by atoms with Crippen LogP contribution >= 0.6 is 24.0 Å². The summed E-state index contributed by atoms with van der Waals surface area (Å²) in [6, 6.07) is 3.35. The molecule has 1 aromatic heterocycles. The van der Waals surface area contributed by atoms with E-state index in [2.05, 4.69) is 27.4 Å². The molecule has 0 amide bonds. The zero-order valence-electron chi connectivity index (χ0n) is 16.2. The molecule has 0 spiro atoms. The van der Waals surface area contributed by atoms with E-state index in [4.69, 9.17) is 4.99 Å². The van der Waals surface area contributed by atoms with Crippen molar-refractivity contribution in [1.29, 1.82) is 0 Å². The third-order valence-electron chi connectivity index (χ3n) is 5.05. The summed E-state index contributed by atoms with van der Waals surface area (Å²) in [5.74, 6) is 1.05. The maximum absolute atomic E-state index is 13.9. The molecule has 0 radical (unpaired) electrons. The zero-order chi connectivity index (χ0) is 18.2. The molecule has 152 valence electrons. The Hall–Kier alpha value is -1.16. The first kappa shape index (κ1) is 22.1. The molecule has 2 aliphatic rings. The SMILES string of the molecule is CCNC(=NCCN1CCCCC1)NC1CCN(c2ncccc2F)C1.I. The lowest BCUT2D eigenvalue weighted by Crippen LogP contribution is -2.45. The van der Waals surface area contributed by atoms with Crippen molar-refractivity contribution in [2.45, 2.75) is 38.6 Å². The number of rotatable bonds is 6. The van der Waals surface area contributed by atoms with Gasteiger partial charge in [-0.1, -0.05) is 6.42 Å². The highest BCUT2D eigenvalue weighted by molar-refractivity contribution is 14.0. The lowest BCUT2D eigenvalue weighted by molar-refractivity contribution is 0.235. The summed E-state index contributed by atoms with van der Waals surface area (Å²) in [6.07, 6.45) is 6.57. The smallest absolute Gasteiger partial charge is 0.191 e. The van der Waals surface area contributed by atoms with E-state index in [-0.39, 0.29) is 35.8 Å². The highest BCUT2D eigenvalue weighted by Crippen LogP contribution is 2.20. The van der Waals surface area contributed by atoms with Gasteiger partial charge in [-0.2, -0.15) is 0 Å². The fourth-order valence-electron chi connectivity index (χ4n) is 3.68. The fraction of sp³-hybridized carbons (Fsp3) is 0.684. The Morgan fingerprint density at radius 2 is 2.11 bits per heavy atom. The van der Waals surface area contributed by atoms with Gasteiger partial charge in [-0.25, -0.2) is 9.37 Å². The van der Waals surface area contributed by atoms with Crippen molar-refractivity contribution >= 4 is 35.8 Å². The molecule has 1 atom stereocenters. The second-order valence-corrected chi connectivity index (χ2v) is 7.05. The van der Waals surface area contributed by atoms with Crippen molar-refractivity contribution < 1.29 is 4.39 Å². The van der Waals surface area contributed by atoms with Crippen molar-refractivity contribution in [3.63, 3.8) is 0 Å². The molecule has 27 heavy (non-hydrogen) atoms. The van der Waals surface area contributed by atoms with E-state index in [9.17, 15) is 4.39 Å². The maximum atomic E-state index is 13.9. The first-order valence-electron chi connectivity index (χ1n) is 9.89. The van der Waals surface area contributed by atoms with Gasteiger partial charge in [0.25, 0.3) is 0 Å². The van der Waals surface area contributed by atoms with E-state index in [1.807, 2.05) is 4.90 Å². The third kappa shape index (κ3) is 6.74. The number of halogens is 2. The Balaban J connectivity index is 0.00000261. The van der Waals surface area contributed by atoms with Crippen LogP contribution in [0.2, 0.25) is 0 Å². The quantitative estimate of drug-likeness (QED) is 0.365. The largest absolute Gasteiger partial charge is 0.357 e. The fourth-order valence-corrected chi connectivity index (χ4v) is 3.68. The predicted octanol–water partition coefficient (Wildman–Crippen LogP) is 2.46. The van der Waals surface area contributed by atoms with E-state index in [0.29, 0.717) is 5.82 Å². The molecule has 0 saturated carbocycles. The van der Waals surface area contributed by atoms with Gasteiger partial charge in [0, 0.05) is 38.4 Å². The minimum Gasteiger partial charge on any atom is -0.357 e. The lowest BCUT2D eigenvalue weighted by atomic mass is 10.1. The number of anilines is 1. The van der Waals surface area contributed by atoms with E-state index in [1.165, 1.54) is 38.4 Å². The molecule has 2 fully saturated rings. The number of hydrogen-bond donors (Lipinski definition) is 2.